The maximum absolute atomic E-state index is 12.9. The van der Waals surface area contributed by atoms with Gasteiger partial charge in [-0.1, -0.05) is 17.3 Å². The topological polar surface area (TPSA) is 108 Å². The Balaban J connectivity index is 1.61. The highest BCUT2D eigenvalue weighted by molar-refractivity contribution is 7.89. The zero-order valence-corrected chi connectivity index (χ0v) is 16.7. The summed E-state index contributed by atoms with van der Waals surface area (Å²) in [5, 5.41) is 13.1. The predicted molar refractivity (Wildman–Crippen MR) is 101 cm³/mol. The molecule has 0 unspecified atom stereocenters. The average molecular weight is 402 g/mol. The highest BCUT2D eigenvalue weighted by atomic mass is 32.2. The summed E-state index contributed by atoms with van der Waals surface area (Å²) < 4.78 is 32.2. The van der Waals surface area contributed by atoms with Gasteiger partial charge in [0.05, 0.1) is 16.2 Å². The van der Waals surface area contributed by atoms with E-state index in [9.17, 15) is 18.5 Å². The molecule has 8 nitrogen and oxygen atoms in total. The van der Waals surface area contributed by atoms with E-state index in [1.165, 1.54) is 16.4 Å². The highest BCUT2D eigenvalue weighted by Gasteiger charge is 2.31. The fourth-order valence-electron chi connectivity index (χ4n) is 3.35. The first kappa shape index (κ1) is 20.0. The molecular weight excluding hydrogens is 380 g/mol. The maximum Gasteiger partial charge on any atom is 0.244 e. The zero-order chi connectivity index (χ0) is 20.3. The lowest BCUT2D eigenvalue weighted by Gasteiger charge is -2.34. The number of sulfonamides is 1. The van der Waals surface area contributed by atoms with E-state index in [2.05, 4.69) is 5.16 Å². The van der Waals surface area contributed by atoms with Crippen molar-refractivity contribution in [1.29, 1.82) is 5.26 Å². The Morgan fingerprint density at radius 2 is 1.89 bits per heavy atom. The molecule has 0 bridgehead atoms. The second kappa shape index (κ2) is 8.12. The van der Waals surface area contributed by atoms with Crippen LogP contribution in [0.1, 0.15) is 29.0 Å². The molecule has 0 aliphatic carbocycles. The molecule has 0 N–H and O–H groups in total. The molecule has 1 aliphatic heterocycles. The minimum Gasteiger partial charge on any atom is -0.361 e. The smallest absolute Gasteiger partial charge is 0.244 e. The van der Waals surface area contributed by atoms with Crippen molar-refractivity contribution in [3.8, 4) is 6.07 Å². The van der Waals surface area contributed by atoms with Crippen molar-refractivity contribution >= 4 is 15.9 Å². The molecule has 1 fully saturated rings. The summed E-state index contributed by atoms with van der Waals surface area (Å²) in [5.41, 5.74) is 1.86. The van der Waals surface area contributed by atoms with E-state index in [0.717, 1.165) is 17.0 Å². The molecule has 1 amide bonds. The van der Waals surface area contributed by atoms with Gasteiger partial charge in [-0.3, -0.25) is 4.79 Å². The number of aromatic nitrogens is 1. The number of benzene rings is 1. The molecule has 148 valence electrons. The van der Waals surface area contributed by atoms with Crippen molar-refractivity contribution in [1.82, 2.24) is 14.4 Å². The fourth-order valence-corrected chi connectivity index (χ4v) is 4.91. The lowest BCUT2D eigenvalue weighted by Crippen LogP contribution is -2.50. The van der Waals surface area contributed by atoms with Gasteiger partial charge in [0.25, 0.3) is 0 Å². The Morgan fingerprint density at radius 3 is 2.50 bits per heavy atom. The van der Waals surface area contributed by atoms with E-state index in [0.29, 0.717) is 25.9 Å². The molecular formula is C19H22N4O4S. The first-order valence-electron chi connectivity index (χ1n) is 9.03. The van der Waals surface area contributed by atoms with Crippen molar-refractivity contribution in [2.45, 2.75) is 31.6 Å². The largest absolute Gasteiger partial charge is 0.361 e. The van der Waals surface area contributed by atoms with Crippen LogP contribution in [-0.4, -0.2) is 54.9 Å². The van der Waals surface area contributed by atoms with Crippen LogP contribution in [0.4, 0.5) is 0 Å². The van der Waals surface area contributed by atoms with Crippen LogP contribution in [0, 0.1) is 25.2 Å². The van der Waals surface area contributed by atoms with Crippen LogP contribution in [-0.2, 0) is 21.2 Å². The van der Waals surface area contributed by atoms with Gasteiger partial charge < -0.3 is 9.42 Å². The van der Waals surface area contributed by atoms with Gasteiger partial charge in [-0.15, -0.1) is 0 Å². The molecule has 0 radical (unpaired) electrons. The van der Waals surface area contributed by atoms with Crippen LogP contribution < -0.4 is 0 Å². The summed E-state index contributed by atoms with van der Waals surface area (Å²) in [4.78, 5) is 14.2. The van der Waals surface area contributed by atoms with Gasteiger partial charge in [-0.25, -0.2) is 8.42 Å². The first-order chi connectivity index (χ1) is 13.3. The van der Waals surface area contributed by atoms with E-state index in [-0.39, 0.29) is 29.5 Å². The maximum atomic E-state index is 12.9. The zero-order valence-electron chi connectivity index (χ0n) is 15.9. The fraction of sp³-hybridized carbons (Fsp3) is 0.421. The van der Waals surface area contributed by atoms with Crippen LogP contribution in [0.15, 0.2) is 33.7 Å². The summed E-state index contributed by atoms with van der Waals surface area (Å²) in [6.07, 6.45) is 0.876. The van der Waals surface area contributed by atoms with E-state index in [1.807, 2.05) is 19.9 Å². The quantitative estimate of drug-likeness (QED) is 0.752. The van der Waals surface area contributed by atoms with Crippen molar-refractivity contribution in [2.24, 2.45) is 0 Å². The molecule has 0 atom stereocenters. The van der Waals surface area contributed by atoms with E-state index in [4.69, 9.17) is 4.52 Å². The van der Waals surface area contributed by atoms with E-state index in [1.54, 1.807) is 17.0 Å². The molecule has 0 saturated carbocycles. The summed E-state index contributed by atoms with van der Waals surface area (Å²) in [5.74, 6) is 0.701. The van der Waals surface area contributed by atoms with Gasteiger partial charge in [0, 0.05) is 38.2 Å². The van der Waals surface area contributed by atoms with Crippen molar-refractivity contribution in [2.75, 3.05) is 26.2 Å². The molecule has 3 rings (SSSR count). The molecule has 2 heterocycles. The standard InChI is InChI=1S/C19H22N4O4S/c1-14-17(15(2)27-21-14)7-8-19(24)22-9-11-23(12-10-22)28(25,26)18-6-4-3-5-16(18)13-20/h3-6H,7-12H2,1-2H3. The number of aryl methyl sites for hydroxylation is 2. The van der Waals surface area contributed by atoms with Gasteiger partial charge >= 0.3 is 0 Å². The number of hydrogen-bond donors (Lipinski definition) is 0. The molecule has 1 aliphatic rings. The highest BCUT2D eigenvalue weighted by Crippen LogP contribution is 2.21. The SMILES string of the molecule is Cc1noc(C)c1CCC(=O)N1CCN(S(=O)(=O)c2ccccc2C#N)CC1. The number of piperazine rings is 1. The molecule has 1 aromatic heterocycles. The molecule has 1 aromatic carbocycles. The summed E-state index contributed by atoms with van der Waals surface area (Å²) in [6, 6.07) is 8.08. The Morgan fingerprint density at radius 1 is 1.21 bits per heavy atom. The normalized spacial score (nSPS) is 15.4. The number of nitrogens with zero attached hydrogens (tertiary/aromatic N) is 4. The van der Waals surface area contributed by atoms with Gasteiger partial charge in [0.2, 0.25) is 15.9 Å². The monoisotopic (exact) mass is 402 g/mol. The molecule has 9 heteroatoms. The second-order valence-corrected chi connectivity index (χ2v) is 8.60. The average Bonchev–Trinajstić information content (AvgIpc) is 3.03. The Bertz CT molecular complexity index is 995. The Labute approximate surface area is 164 Å². The minimum absolute atomic E-state index is 0.00989. The van der Waals surface area contributed by atoms with Crippen LogP contribution in [0.5, 0.6) is 0 Å². The first-order valence-corrected chi connectivity index (χ1v) is 10.5. The van der Waals surface area contributed by atoms with E-state index >= 15 is 0 Å². The summed E-state index contributed by atoms with van der Waals surface area (Å²) in [7, 11) is -3.76. The minimum atomic E-state index is -3.76. The van der Waals surface area contributed by atoms with Crippen LogP contribution in [0.3, 0.4) is 0 Å². The number of nitriles is 1. The number of amides is 1. The molecule has 2 aromatic rings. The summed E-state index contributed by atoms with van der Waals surface area (Å²) in [6.45, 7) is 4.74. The lowest BCUT2D eigenvalue weighted by atomic mass is 10.1. The van der Waals surface area contributed by atoms with Gasteiger partial charge in [-0.2, -0.15) is 9.57 Å². The third kappa shape index (κ3) is 3.93. The van der Waals surface area contributed by atoms with Crippen molar-refractivity contribution < 1.29 is 17.7 Å². The van der Waals surface area contributed by atoms with Gasteiger partial charge in [-0.05, 0) is 32.4 Å². The van der Waals surface area contributed by atoms with Crippen LogP contribution >= 0.6 is 0 Å². The number of carbonyl (C=O) groups is 1. The second-order valence-electron chi connectivity index (χ2n) is 6.70. The molecule has 0 spiro atoms. The number of rotatable bonds is 5. The lowest BCUT2D eigenvalue weighted by molar-refractivity contribution is -0.132. The van der Waals surface area contributed by atoms with Gasteiger partial charge in [0.1, 0.15) is 11.8 Å². The predicted octanol–water partition coefficient (Wildman–Crippen LogP) is 1.63. The Kier molecular flexibility index (Phi) is 5.82. The van der Waals surface area contributed by atoms with Crippen molar-refractivity contribution in [3.63, 3.8) is 0 Å². The molecule has 28 heavy (non-hydrogen) atoms. The van der Waals surface area contributed by atoms with Crippen LogP contribution in [0.2, 0.25) is 0 Å². The number of hydrogen-bond acceptors (Lipinski definition) is 6. The third-order valence-electron chi connectivity index (χ3n) is 4.99. The number of carbonyl (C=O) groups excluding carboxylic acids is 1. The third-order valence-corrected chi connectivity index (χ3v) is 6.94. The van der Waals surface area contributed by atoms with Crippen LogP contribution in [0.25, 0.3) is 0 Å². The molecule has 1 saturated heterocycles. The van der Waals surface area contributed by atoms with E-state index < -0.39 is 10.0 Å². The Hall–Kier alpha value is -2.70. The van der Waals surface area contributed by atoms with Crippen molar-refractivity contribution in [3.05, 3.63) is 46.8 Å². The van der Waals surface area contributed by atoms with Gasteiger partial charge in [0.15, 0.2) is 0 Å². The summed E-state index contributed by atoms with van der Waals surface area (Å²) >= 11 is 0.